The largest absolute Gasteiger partial charge is 0.373 e. The van der Waals surface area contributed by atoms with Crippen LogP contribution in [0.25, 0.3) is 0 Å². The molecule has 0 unspecified atom stereocenters. The Morgan fingerprint density at radius 3 is 2.81 bits per heavy atom. The summed E-state index contributed by atoms with van der Waals surface area (Å²) >= 11 is 3.57. The van der Waals surface area contributed by atoms with Crippen molar-refractivity contribution < 1.29 is 0 Å². The van der Waals surface area contributed by atoms with E-state index in [0.717, 1.165) is 13.1 Å². The van der Waals surface area contributed by atoms with Crippen LogP contribution in [0.1, 0.15) is 18.4 Å². The Kier molecular flexibility index (Phi) is 2.48. The molecule has 0 atom stereocenters. The molecule has 2 aliphatic heterocycles. The van der Waals surface area contributed by atoms with Gasteiger partial charge in [0, 0.05) is 29.2 Å². The molecule has 3 heteroatoms. The number of halogens is 1. The third-order valence-electron chi connectivity index (χ3n) is 4.04. The first-order chi connectivity index (χ1) is 7.71. The number of hydrogen-bond donors (Lipinski definition) is 1. The van der Waals surface area contributed by atoms with Crippen LogP contribution >= 0.6 is 15.9 Å². The summed E-state index contributed by atoms with van der Waals surface area (Å²) in [6.45, 7) is 3.49. The SMILES string of the molecule is CN1CC2(CCNCC2)c2ccc(Br)cc21. The minimum Gasteiger partial charge on any atom is -0.373 e. The van der Waals surface area contributed by atoms with Crippen LogP contribution in [0.2, 0.25) is 0 Å². The average molecular weight is 281 g/mol. The summed E-state index contributed by atoms with van der Waals surface area (Å²) in [4.78, 5) is 2.41. The molecule has 1 N–H and O–H groups in total. The summed E-state index contributed by atoms with van der Waals surface area (Å²) < 4.78 is 1.18. The summed E-state index contributed by atoms with van der Waals surface area (Å²) in [7, 11) is 2.21. The van der Waals surface area contributed by atoms with E-state index in [4.69, 9.17) is 0 Å². The van der Waals surface area contributed by atoms with Crippen LogP contribution in [0.3, 0.4) is 0 Å². The summed E-state index contributed by atoms with van der Waals surface area (Å²) in [5.74, 6) is 0. The molecule has 3 rings (SSSR count). The number of fused-ring (bicyclic) bond motifs is 2. The first-order valence-corrected chi connectivity index (χ1v) is 6.72. The maximum absolute atomic E-state index is 3.57. The van der Waals surface area contributed by atoms with Crippen molar-refractivity contribution >= 4 is 21.6 Å². The zero-order chi connectivity index (χ0) is 11.2. The molecule has 0 radical (unpaired) electrons. The highest BCUT2D eigenvalue weighted by molar-refractivity contribution is 9.10. The van der Waals surface area contributed by atoms with E-state index in [-0.39, 0.29) is 0 Å². The van der Waals surface area contributed by atoms with Crippen molar-refractivity contribution in [3.05, 3.63) is 28.2 Å². The van der Waals surface area contributed by atoms with E-state index < -0.39 is 0 Å². The molecular weight excluding hydrogens is 264 g/mol. The molecule has 2 aliphatic rings. The van der Waals surface area contributed by atoms with Crippen molar-refractivity contribution in [2.24, 2.45) is 0 Å². The Balaban J connectivity index is 2.07. The zero-order valence-corrected chi connectivity index (χ0v) is 11.2. The van der Waals surface area contributed by atoms with E-state index >= 15 is 0 Å². The second-order valence-electron chi connectivity index (χ2n) is 5.05. The van der Waals surface area contributed by atoms with Gasteiger partial charge in [0.05, 0.1) is 0 Å². The summed E-state index contributed by atoms with van der Waals surface area (Å²) in [5.41, 5.74) is 3.38. The normalized spacial score (nSPS) is 22.5. The minimum absolute atomic E-state index is 0.413. The third kappa shape index (κ3) is 1.49. The lowest BCUT2D eigenvalue weighted by Crippen LogP contribution is -2.42. The summed E-state index contributed by atoms with van der Waals surface area (Å²) in [5, 5.41) is 3.47. The fraction of sp³-hybridized carbons (Fsp3) is 0.538. The Labute approximate surface area is 105 Å². The smallest absolute Gasteiger partial charge is 0.0414 e. The molecule has 1 spiro atoms. The number of nitrogens with zero attached hydrogens (tertiary/aromatic N) is 1. The molecule has 86 valence electrons. The number of anilines is 1. The first kappa shape index (κ1) is 10.6. The van der Waals surface area contributed by atoms with Crippen LogP contribution in [0.5, 0.6) is 0 Å². The van der Waals surface area contributed by atoms with Crippen molar-refractivity contribution in [1.29, 1.82) is 0 Å². The van der Waals surface area contributed by atoms with E-state index in [2.05, 4.69) is 51.4 Å². The van der Waals surface area contributed by atoms with Crippen LogP contribution in [0.15, 0.2) is 22.7 Å². The molecule has 0 aromatic heterocycles. The predicted octanol–water partition coefficient (Wildman–Crippen LogP) is 2.52. The monoisotopic (exact) mass is 280 g/mol. The van der Waals surface area contributed by atoms with Gasteiger partial charge in [-0.2, -0.15) is 0 Å². The van der Waals surface area contributed by atoms with E-state index in [0.29, 0.717) is 5.41 Å². The van der Waals surface area contributed by atoms with Gasteiger partial charge in [-0.15, -0.1) is 0 Å². The molecule has 0 saturated carbocycles. The van der Waals surface area contributed by atoms with Gasteiger partial charge in [0.25, 0.3) is 0 Å². The number of benzene rings is 1. The lowest BCUT2D eigenvalue weighted by atomic mass is 9.75. The molecule has 1 saturated heterocycles. The number of hydrogen-bond acceptors (Lipinski definition) is 2. The van der Waals surface area contributed by atoms with Gasteiger partial charge in [-0.05, 0) is 43.6 Å². The molecule has 16 heavy (non-hydrogen) atoms. The molecule has 1 fully saturated rings. The first-order valence-electron chi connectivity index (χ1n) is 5.93. The van der Waals surface area contributed by atoms with Crippen molar-refractivity contribution in [1.82, 2.24) is 5.32 Å². The molecule has 0 amide bonds. The second-order valence-corrected chi connectivity index (χ2v) is 5.96. The maximum atomic E-state index is 3.57. The zero-order valence-electron chi connectivity index (χ0n) is 9.59. The van der Waals surface area contributed by atoms with E-state index in [1.165, 1.54) is 29.5 Å². The predicted molar refractivity (Wildman–Crippen MR) is 71.2 cm³/mol. The van der Waals surface area contributed by atoms with Gasteiger partial charge in [0.1, 0.15) is 0 Å². The van der Waals surface area contributed by atoms with Gasteiger partial charge in [-0.1, -0.05) is 22.0 Å². The van der Waals surface area contributed by atoms with Crippen LogP contribution in [-0.4, -0.2) is 26.7 Å². The Hall–Kier alpha value is -0.540. The highest BCUT2D eigenvalue weighted by Crippen LogP contribution is 2.46. The van der Waals surface area contributed by atoms with Crippen LogP contribution in [0, 0.1) is 0 Å². The minimum atomic E-state index is 0.413. The van der Waals surface area contributed by atoms with Crippen LogP contribution < -0.4 is 10.2 Å². The standard InChI is InChI=1S/C13H17BrN2/c1-16-9-13(4-6-15-7-5-13)11-3-2-10(14)8-12(11)16/h2-3,8,15H,4-7,9H2,1H3. The fourth-order valence-corrected chi connectivity index (χ4v) is 3.58. The molecule has 2 heterocycles. The fourth-order valence-electron chi connectivity index (χ4n) is 3.23. The number of rotatable bonds is 0. The third-order valence-corrected chi connectivity index (χ3v) is 4.54. The van der Waals surface area contributed by atoms with E-state index in [1.807, 2.05) is 0 Å². The summed E-state index contributed by atoms with van der Waals surface area (Å²) in [6, 6.07) is 6.75. The maximum Gasteiger partial charge on any atom is 0.0414 e. The lowest BCUT2D eigenvalue weighted by molar-refractivity contribution is 0.328. The molecule has 0 aliphatic carbocycles. The van der Waals surface area contributed by atoms with Gasteiger partial charge in [0.15, 0.2) is 0 Å². The van der Waals surface area contributed by atoms with Crippen molar-refractivity contribution in [3.63, 3.8) is 0 Å². The van der Waals surface area contributed by atoms with Gasteiger partial charge >= 0.3 is 0 Å². The van der Waals surface area contributed by atoms with Crippen LogP contribution in [0.4, 0.5) is 5.69 Å². The van der Waals surface area contributed by atoms with Crippen LogP contribution in [-0.2, 0) is 5.41 Å². The highest BCUT2D eigenvalue weighted by Gasteiger charge is 2.41. The van der Waals surface area contributed by atoms with E-state index in [1.54, 1.807) is 5.56 Å². The molecule has 0 bridgehead atoms. The molecule has 1 aromatic carbocycles. The summed E-state index contributed by atoms with van der Waals surface area (Å²) in [6.07, 6.45) is 2.54. The Morgan fingerprint density at radius 2 is 2.06 bits per heavy atom. The topological polar surface area (TPSA) is 15.3 Å². The molecule has 2 nitrogen and oxygen atoms in total. The van der Waals surface area contributed by atoms with Crippen molar-refractivity contribution in [3.8, 4) is 0 Å². The molecular formula is C13H17BrN2. The second kappa shape index (κ2) is 3.74. The Bertz CT molecular complexity index is 410. The van der Waals surface area contributed by atoms with Crippen molar-refractivity contribution in [2.75, 3.05) is 31.6 Å². The highest BCUT2D eigenvalue weighted by atomic mass is 79.9. The number of piperidine rings is 1. The quantitative estimate of drug-likeness (QED) is 0.786. The average Bonchev–Trinajstić information content (AvgIpc) is 2.53. The van der Waals surface area contributed by atoms with Gasteiger partial charge < -0.3 is 10.2 Å². The van der Waals surface area contributed by atoms with Crippen molar-refractivity contribution in [2.45, 2.75) is 18.3 Å². The van der Waals surface area contributed by atoms with Gasteiger partial charge in [-0.3, -0.25) is 0 Å². The number of likely N-dealkylation sites (N-methyl/N-ethyl adjacent to an activating group) is 1. The van der Waals surface area contributed by atoms with Gasteiger partial charge in [0.2, 0.25) is 0 Å². The Morgan fingerprint density at radius 1 is 1.31 bits per heavy atom. The van der Waals surface area contributed by atoms with Gasteiger partial charge in [-0.25, -0.2) is 0 Å². The number of nitrogens with one attached hydrogen (secondary N) is 1. The van der Waals surface area contributed by atoms with E-state index in [9.17, 15) is 0 Å². The molecule has 1 aromatic rings. The lowest BCUT2D eigenvalue weighted by Gasteiger charge is -2.34.